The third-order valence-electron chi connectivity index (χ3n) is 3.97. The number of aromatic nitrogens is 3. The maximum absolute atomic E-state index is 12.1. The van der Waals surface area contributed by atoms with E-state index in [2.05, 4.69) is 14.8 Å². The molecule has 0 radical (unpaired) electrons. The summed E-state index contributed by atoms with van der Waals surface area (Å²) in [5, 5.41) is 4.05. The Morgan fingerprint density at radius 3 is 2.91 bits per heavy atom. The van der Waals surface area contributed by atoms with Crippen molar-refractivity contribution in [2.75, 3.05) is 17.3 Å². The first-order valence-corrected chi connectivity index (χ1v) is 10.8. The van der Waals surface area contributed by atoms with Gasteiger partial charge < -0.3 is 0 Å². The van der Waals surface area contributed by atoms with Crippen molar-refractivity contribution in [3.05, 3.63) is 30.2 Å². The SMILES string of the molecule is O=S1(=O)CCC(CCS(=O)(=O)NCc2cccc3ncnn23)C1. The quantitative estimate of drug-likeness (QED) is 0.776. The van der Waals surface area contributed by atoms with Crippen molar-refractivity contribution in [2.24, 2.45) is 5.92 Å². The molecule has 8 nitrogen and oxygen atoms in total. The third-order valence-corrected chi connectivity index (χ3v) is 7.17. The first-order valence-electron chi connectivity index (χ1n) is 7.30. The van der Waals surface area contributed by atoms with Gasteiger partial charge in [-0.3, -0.25) is 0 Å². The van der Waals surface area contributed by atoms with Gasteiger partial charge in [-0.1, -0.05) is 6.07 Å². The summed E-state index contributed by atoms with van der Waals surface area (Å²) < 4.78 is 51.1. The Labute approximate surface area is 134 Å². The van der Waals surface area contributed by atoms with Crippen LogP contribution in [0.2, 0.25) is 0 Å². The highest BCUT2D eigenvalue weighted by molar-refractivity contribution is 7.91. The Morgan fingerprint density at radius 2 is 2.17 bits per heavy atom. The van der Waals surface area contributed by atoms with Crippen LogP contribution < -0.4 is 4.72 Å². The van der Waals surface area contributed by atoms with Crippen molar-refractivity contribution in [1.82, 2.24) is 19.3 Å². The largest absolute Gasteiger partial charge is 0.229 e. The average molecular weight is 358 g/mol. The van der Waals surface area contributed by atoms with Crippen LogP contribution in [0.4, 0.5) is 0 Å². The van der Waals surface area contributed by atoms with Crippen LogP contribution in [0.15, 0.2) is 24.5 Å². The van der Waals surface area contributed by atoms with Crippen molar-refractivity contribution in [2.45, 2.75) is 19.4 Å². The van der Waals surface area contributed by atoms with Crippen LogP contribution in [0.3, 0.4) is 0 Å². The first kappa shape index (κ1) is 16.3. The molecule has 3 heterocycles. The summed E-state index contributed by atoms with van der Waals surface area (Å²) in [5.41, 5.74) is 1.34. The number of sulfone groups is 1. The molecule has 1 fully saturated rings. The van der Waals surface area contributed by atoms with Gasteiger partial charge in [0.05, 0.1) is 29.5 Å². The minimum absolute atomic E-state index is 0.0599. The fraction of sp³-hybridized carbons (Fsp3) is 0.538. The van der Waals surface area contributed by atoms with Crippen molar-refractivity contribution < 1.29 is 16.8 Å². The van der Waals surface area contributed by atoms with Gasteiger partial charge in [0.1, 0.15) is 6.33 Å². The number of pyridine rings is 1. The fourth-order valence-electron chi connectivity index (χ4n) is 2.71. The number of nitrogens with one attached hydrogen (secondary N) is 1. The molecule has 1 atom stereocenters. The molecule has 1 unspecified atom stereocenters. The van der Waals surface area contributed by atoms with Crippen LogP contribution in [-0.2, 0) is 26.4 Å². The summed E-state index contributed by atoms with van der Waals surface area (Å²) in [6, 6.07) is 5.34. The second-order valence-corrected chi connectivity index (χ2v) is 9.90. The molecule has 0 spiro atoms. The van der Waals surface area contributed by atoms with Crippen LogP contribution in [0.1, 0.15) is 18.5 Å². The van der Waals surface area contributed by atoms with Crippen LogP contribution in [-0.4, -0.2) is 48.7 Å². The van der Waals surface area contributed by atoms with Crippen LogP contribution in [0, 0.1) is 5.92 Å². The second-order valence-electron chi connectivity index (χ2n) is 5.74. The van der Waals surface area contributed by atoms with E-state index in [0.29, 0.717) is 24.2 Å². The van der Waals surface area contributed by atoms with Gasteiger partial charge >= 0.3 is 0 Å². The van der Waals surface area contributed by atoms with Gasteiger partial charge in [-0.25, -0.2) is 31.1 Å². The van der Waals surface area contributed by atoms with Crippen molar-refractivity contribution in [3.8, 4) is 0 Å². The molecule has 0 bridgehead atoms. The summed E-state index contributed by atoms with van der Waals surface area (Å²) in [6.45, 7) is 0.117. The Kier molecular flexibility index (Phi) is 4.39. The van der Waals surface area contributed by atoms with Crippen LogP contribution in [0.5, 0.6) is 0 Å². The van der Waals surface area contributed by atoms with E-state index in [4.69, 9.17) is 0 Å². The second kappa shape index (κ2) is 6.17. The molecule has 1 N–H and O–H groups in total. The van der Waals surface area contributed by atoms with E-state index in [1.54, 1.807) is 22.7 Å². The number of fused-ring (bicyclic) bond motifs is 1. The zero-order valence-electron chi connectivity index (χ0n) is 12.4. The monoisotopic (exact) mass is 358 g/mol. The lowest BCUT2D eigenvalue weighted by Gasteiger charge is -2.10. The standard InChI is InChI=1S/C13H18N4O4S2/c18-22(19)6-4-11(9-22)5-7-23(20,21)16-8-12-2-1-3-13-14-10-15-17(12)13/h1-3,10-11,16H,4-9H2. The van der Waals surface area contributed by atoms with E-state index in [1.807, 2.05) is 0 Å². The number of sulfonamides is 1. The summed E-state index contributed by atoms with van der Waals surface area (Å²) in [6.07, 6.45) is 2.33. The Morgan fingerprint density at radius 1 is 1.35 bits per heavy atom. The van der Waals surface area contributed by atoms with Crippen LogP contribution in [0.25, 0.3) is 5.65 Å². The van der Waals surface area contributed by atoms with E-state index in [1.165, 1.54) is 6.33 Å². The predicted octanol–water partition coefficient (Wildman–Crippen LogP) is -0.0265. The van der Waals surface area contributed by atoms with Gasteiger partial charge in [-0.15, -0.1) is 0 Å². The predicted molar refractivity (Wildman–Crippen MR) is 85.0 cm³/mol. The third kappa shape index (κ3) is 4.06. The minimum Gasteiger partial charge on any atom is -0.229 e. The van der Waals surface area contributed by atoms with E-state index in [0.717, 1.165) is 0 Å². The lowest BCUT2D eigenvalue weighted by atomic mass is 10.1. The highest BCUT2D eigenvalue weighted by Gasteiger charge is 2.28. The maximum atomic E-state index is 12.1. The number of nitrogens with zero attached hydrogens (tertiary/aromatic N) is 3. The smallest absolute Gasteiger partial charge is 0.211 e. The zero-order valence-corrected chi connectivity index (χ0v) is 14.1. The van der Waals surface area contributed by atoms with E-state index < -0.39 is 19.9 Å². The van der Waals surface area contributed by atoms with Gasteiger partial charge in [0, 0.05) is 0 Å². The lowest BCUT2D eigenvalue weighted by Crippen LogP contribution is -2.28. The van der Waals surface area contributed by atoms with Crippen molar-refractivity contribution >= 4 is 25.5 Å². The van der Waals surface area contributed by atoms with E-state index >= 15 is 0 Å². The zero-order chi connectivity index (χ0) is 16.5. The molecule has 1 aliphatic rings. The molecule has 0 aromatic carbocycles. The molecule has 1 saturated heterocycles. The molecule has 0 saturated carbocycles. The van der Waals surface area contributed by atoms with Gasteiger partial charge in [0.15, 0.2) is 15.5 Å². The number of hydrogen-bond acceptors (Lipinski definition) is 6. The molecule has 2 aromatic heterocycles. The van der Waals surface area contributed by atoms with E-state index in [9.17, 15) is 16.8 Å². The molecule has 126 valence electrons. The highest BCUT2D eigenvalue weighted by atomic mass is 32.2. The molecule has 2 aromatic rings. The fourth-order valence-corrected chi connectivity index (χ4v) is 5.78. The highest BCUT2D eigenvalue weighted by Crippen LogP contribution is 2.21. The molecule has 3 rings (SSSR count). The Hall–Kier alpha value is -1.52. The minimum atomic E-state index is -3.46. The normalized spacial score (nSPS) is 21.0. The van der Waals surface area contributed by atoms with E-state index in [-0.39, 0.29) is 29.7 Å². The Balaban J connectivity index is 1.58. The van der Waals surface area contributed by atoms with Gasteiger partial charge in [-0.2, -0.15) is 5.10 Å². The van der Waals surface area contributed by atoms with Crippen LogP contribution >= 0.6 is 0 Å². The number of rotatable bonds is 6. The van der Waals surface area contributed by atoms with Gasteiger partial charge in [-0.05, 0) is 30.9 Å². The molecular weight excluding hydrogens is 340 g/mol. The van der Waals surface area contributed by atoms with Crippen molar-refractivity contribution in [1.29, 1.82) is 0 Å². The molecule has 1 aliphatic heterocycles. The molecule has 0 amide bonds. The topological polar surface area (TPSA) is 110 Å². The first-order chi connectivity index (χ1) is 10.8. The van der Waals surface area contributed by atoms with Gasteiger partial charge in [0.25, 0.3) is 0 Å². The molecule has 23 heavy (non-hydrogen) atoms. The Bertz CT molecular complexity index is 905. The summed E-state index contributed by atoms with van der Waals surface area (Å²) in [7, 11) is -6.43. The molecule has 10 heteroatoms. The molecular formula is C13H18N4O4S2. The lowest BCUT2D eigenvalue weighted by molar-refractivity contribution is 0.543. The molecule has 0 aliphatic carbocycles. The van der Waals surface area contributed by atoms with Gasteiger partial charge in [0.2, 0.25) is 10.0 Å². The summed E-state index contributed by atoms with van der Waals surface area (Å²) in [5.74, 6) is 0.135. The van der Waals surface area contributed by atoms with Crippen molar-refractivity contribution in [3.63, 3.8) is 0 Å². The number of hydrogen-bond donors (Lipinski definition) is 1. The maximum Gasteiger partial charge on any atom is 0.211 e. The average Bonchev–Trinajstić information content (AvgIpc) is 3.09. The summed E-state index contributed by atoms with van der Waals surface area (Å²) >= 11 is 0. The summed E-state index contributed by atoms with van der Waals surface area (Å²) in [4.78, 5) is 4.04.